The van der Waals surface area contributed by atoms with Crippen molar-refractivity contribution in [1.82, 2.24) is 9.55 Å². The lowest BCUT2D eigenvalue weighted by atomic mass is 10.1. The number of hydrogen-bond acceptors (Lipinski definition) is 1. The number of aromatic nitrogens is 2. The quantitative estimate of drug-likeness (QED) is 0.724. The molecule has 2 nitrogen and oxygen atoms in total. The molecule has 0 saturated heterocycles. The zero-order chi connectivity index (χ0) is 11.8. The standard InChI is InChI=1S/C15H18N2/c1-11-7-6-10-14-16-15(12(2)17(11)14)13-8-4-3-5-9-13/h3-5,8-9,11H,6-7,10H2,1-2H3. The summed E-state index contributed by atoms with van der Waals surface area (Å²) in [6.07, 6.45) is 3.67. The second-order valence-electron chi connectivity index (χ2n) is 4.94. The van der Waals surface area contributed by atoms with E-state index in [1.165, 1.54) is 29.9 Å². The van der Waals surface area contributed by atoms with Crippen molar-refractivity contribution >= 4 is 0 Å². The Kier molecular flexibility index (Phi) is 2.50. The van der Waals surface area contributed by atoms with Crippen LogP contribution in [0.2, 0.25) is 0 Å². The van der Waals surface area contributed by atoms with E-state index >= 15 is 0 Å². The number of imidazole rings is 1. The predicted molar refractivity (Wildman–Crippen MR) is 70.0 cm³/mol. The number of rotatable bonds is 1. The van der Waals surface area contributed by atoms with Crippen molar-refractivity contribution < 1.29 is 0 Å². The molecule has 1 aliphatic rings. The molecule has 0 aliphatic carbocycles. The molecule has 0 bridgehead atoms. The average Bonchev–Trinajstić information content (AvgIpc) is 2.69. The largest absolute Gasteiger partial charge is 0.329 e. The van der Waals surface area contributed by atoms with Crippen LogP contribution in [0.4, 0.5) is 0 Å². The molecule has 0 N–H and O–H groups in total. The molecule has 1 atom stereocenters. The van der Waals surface area contributed by atoms with Crippen LogP contribution < -0.4 is 0 Å². The first-order valence-corrected chi connectivity index (χ1v) is 6.40. The Morgan fingerprint density at radius 1 is 1.24 bits per heavy atom. The van der Waals surface area contributed by atoms with Gasteiger partial charge in [0.05, 0.1) is 5.69 Å². The second kappa shape index (κ2) is 4.02. The van der Waals surface area contributed by atoms with Crippen LogP contribution >= 0.6 is 0 Å². The van der Waals surface area contributed by atoms with Crippen molar-refractivity contribution in [3.63, 3.8) is 0 Å². The van der Waals surface area contributed by atoms with Crippen LogP contribution in [0.1, 0.15) is 37.3 Å². The highest BCUT2D eigenvalue weighted by molar-refractivity contribution is 5.62. The van der Waals surface area contributed by atoms with Crippen LogP contribution in [0.5, 0.6) is 0 Å². The minimum absolute atomic E-state index is 0.601. The molecule has 2 heterocycles. The summed E-state index contributed by atoms with van der Waals surface area (Å²) in [5.74, 6) is 1.26. The van der Waals surface area contributed by atoms with Crippen LogP contribution in [-0.2, 0) is 6.42 Å². The molecule has 0 spiro atoms. The van der Waals surface area contributed by atoms with Crippen LogP contribution in [0.3, 0.4) is 0 Å². The van der Waals surface area contributed by atoms with Gasteiger partial charge in [0.2, 0.25) is 0 Å². The Morgan fingerprint density at radius 2 is 2.00 bits per heavy atom. The monoisotopic (exact) mass is 226 g/mol. The van der Waals surface area contributed by atoms with E-state index in [4.69, 9.17) is 4.98 Å². The van der Waals surface area contributed by atoms with Crippen molar-refractivity contribution in [1.29, 1.82) is 0 Å². The molecule has 2 heteroatoms. The highest BCUT2D eigenvalue weighted by Gasteiger charge is 2.22. The molecular weight excluding hydrogens is 208 g/mol. The van der Waals surface area contributed by atoms with Gasteiger partial charge in [-0.05, 0) is 26.7 Å². The molecule has 2 aromatic rings. The lowest BCUT2D eigenvalue weighted by Crippen LogP contribution is -2.16. The van der Waals surface area contributed by atoms with Gasteiger partial charge in [0.25, 0.3) is 0 Å². The third-order valence-corrected chi connectivity index (χ3v) is 3.73. The molecule has 0 radical (unpaired) electrons. The van der Waals surface area contributed by atoms with Crippen LogP contribution in [0.25, 0.3) is 11.3 Å². The van der Waals surface area contributed by atoms with E-state index in [-0.39, 0.29) is 0 Å². The predicted octanol–water partition coefficient (Wildman–Crippen LogP) is 3.76. The van der Waals surface area contributed by atoms with Crippen molar-refractivity contribution in [2.24, 2.45) is 0 Å². The topological polar surface area (TPSA) is 17.8 Å². The van der Waals surface area contributed by atoms with E-state index in [1.54, 1.807) is 0 Å². The van der Waals surface area contributed by atoms with Gasteiger partial charge in [0.15, 0.2) is 0 Å². The van der Waals surface area contributed by atoms with Gasteiger partial charge in [-0.3, -0.25) is 0 Å². The summed E-state index contributed by atoms with van der Waals surface area (Å²) in [5, 5.41) is 0. The Hall–Kier alpha value is -1.57. The third kappa shape index (κ3) is 1.68. The number of hydrogen-bond donors (Lipinski definition) is 0. The number of fused-ring (bicyclic) bond motifs is 1. The molecule has 17 heavy (non-hydrogen) atoms. The van der Waals surface area contributed by atoms with Crippen LogP contribution in [-0.4, -0.2) is 9.55 Å². The minimum Gasteiger partial charge on any atom is -0.329 e. The van der Waals surface area contributed by atoms with Crippen LogP contribution in [0.15, 0.2) is 30.3 Å². The maximum Gasteiger partial charge on any atom is 0.109 e. The van der Waals surface area contributed by atoms with E-state index in [0.29, 0.717) is 6.04 Å². The molecule has 1 unspecified atom stereocenters. The molecule has 3 rings (SSSR count). The molecule has 1 aromatic heterocycles. The van der Waals surface area contributed by atoms with E-state index in [9.17, 15) is 0 Å². The van der Waals surface area contributed by atoms with Gasteiger partial charge in [0.1, 0.15) is 5.82 Å². The first-order chi connectivity index (χ1) is 8.27. The molecule has 0 fully saturated rings. The van der Waals surface area contributed by atoms with Gasteiger partial charge in [0, 0.05) is 23.7 Å². The summed E-state index contributed by atoms with van der Waals surface area (Å²) in [7, 11) is 0. The Balaban J connectivity index is 2.14. The van der Waals surface area contributed by atoms with Crippen molar-refractivity contribution in [3.05, 3.63) is 41.9 Å². The molecular formula is C15H18N2. The van der Waals surface area contributed by atoms with Crippen molar-refractivity contribution in [2.45, 2.75) is 39.2 Å². The van der Waals surface area contributed by atoms with Gasteiger partial charge in [-0.2, -0.15) is 0 Å². The van der Waals surface area contributed by atoms with Crippen molar-refractivity contribution in [2.75, 3.05) is 0 Å². The average molecular weight is 226 g/mol. The van der Waals surface area contributed by atoms with Crippen molar-refractivity contribution in [3.8, 4) is 11.3 Å². The maximum absolute atomic E-state index is 4.83. The summed E-state index contributed by atoms with van der Waals surface area (Å²) in [6, 6.07) is 11.1. The van der Waals surface area contributed by atoms with Gasteiger partial charge >= 0.3 is 0 Å². The maximum atomic E-state index is 4.83. The third-order valence-electron chi connectivity index (χ3n) is 3.73. The molecule has 88 valence electrons. The fraction of sp³-hybridized carbons (Fsp3) is 0.400. The zero-order valence-corrected chi connectivity index (χ0v) is 10.5. The first kappa shape index (κ1) is 10.6. The molecule has 0 amide bonds. The highest BCUT2D eigenvalue weighted by atomic mass is 15.1. The lowest BCUT2D eigenvalue weighted by molar-refractivity contribution is 0.419. The lowest BCUT2D eigenvalue weighted by Gasteiger charge is -2.22. The summed E-state index contributed by atoms with van der Waals surface area (Å²) in [6.45, 7) is 4.49. The molecule has 1 aliphatic heterocycles. The summed E-state index contributed by atoms with van der Waals surface area (Å²) < 4.78 is 2.42. The minimum atomic E-state index is 0.601. The van der Waals surface area contributed by atoms with Gasteiger partial charge in [-0.25, -0.2) is 4.98 Å². The van der Waals surface area contributed by atoms with Gasteiger partial charge in [-0.15, -0.1) is 0 Å². The Morgan fingerprint density at radius 3 is 2.71 bits per heavy atom. The smallest absolute Gasteiger partial charge is 0.109 e. The molecule has 0 saturated carbocycles. The fourth-order valence-electron chi connectivity index (χ4n) is 2.89. The SMILES string of the molecule is Cc1c(-c2ccccc2)nc2n1C(C)CCC2. The fourth-order valence-corrected chi connectivity index (χ4v) is 2.89. The number of aryl methyl sites for hydroxylation is 1. The zero-order valence-electron chi connectivity index (χ0n) is 10.5. The number of benzene rings is 1. The first-order valence-electron chi connectivity index (χ1n) is 6.40. The van der Waals surface area contributed by atoms with E-state index in [0.717, 1.165) is 12.1 Å². The van der Waals surface area contributed by atoms with E-state index in [1.807, 2.05) is 0 Å². The van der Waals surface area contributed by atoms with Gasteiger partial charge < -0.3 is 4.57 Å². The van der Waals surface area contributed by atoms with Crippen LogP contribution in [0, 0.1) is 6.92 Å². The normalized spacial score (nSPS) is 19.1. The second-order valence-corrected chi connectivity index (χ2v) is 4.94. The van der Waals surface area contributed by atoms with E-state index in [2.05, 4.69) is 48.7 Å². The van der Waals surface area contributed by atoms with Gasteiger partial charge in [-0.1, -0.05) is 30.3 Å². The number of nitrogens with zero attached hydrogens (tertiary/aromatic N) is 2. The highest BCUT2D eigenvalue weighted by Crippen LogP contribution is 2.31. The summed E-state index contributed by atoms with van der Waals surface area (Å²) >= 11 is 0. The summed E-state index contributed by atoms with van der Waals surface area (Å²) in [5.41, 5.74) is 3.71. The van der Waals surface area contributed by atoms with E-state index < -0.39 is 0 Å². The Labute approximate surface area is 102 Å². The molecule has 1 aromatic carbocycles. The Bertz CT molecular complexity index is 525. The summed E-state index contributed by atoms with van der Waals surface area (Å²) in [4.78, 5) is 4.83.